The molecule has 0 bridgehead atoms. The number of fused-ring (bicyclic) bond motifs is 1. The van der Waals surface area contributed by atoms with Gasteiger partial charge in [0.2, 0.25) is 5.76 Å². The molecule has 3 nitrogen and oxygen atoms in total. The van der Waals surface area contributed by atoms with Gasteiger partial charge in [-0.15, -0.1) is 0 Å². The van der Waals surface area contributed by atoms with Gasteiger partial charge in [-0.1, -0.05) is 0 Å². The second kappa shape index (κ2) is 3.48. The van der Waals surface area contributed by atoms with Crippen molar-refractivity contribution in [2.75, 3.05) is 0 Å². The molecule has 4 heteroatoms. The number of furan rings is 1. The Bertz CT molecular complexity index is 581. The molecule has 0 amide bonds. The summed E-state index contributed by atoms with van der Waals surface area (Å²) < 4.78 is 6.52. The molecule has 0 unspecified atom stereocenters. The molecule has 1 fully saturated rings. The summed E-state index contributed by atoms with van der Waals surface area (Å²) in [6, 6.07) is 5.77. The second-order valence-corrected chi connectivity index (χ2v) is 5.31. The van der Waals surface area contributed by atoms with E-state index >= 15 is 0 Å². The fourth-order valence-corrected chi connectivity index (χ4v) is 2.52. The Labute approximate surface area is 106 Å². The zero-order valence-electron chi connectivity index (χ0n) is 8.37. The molecule has 1 aromatic carbocycles. The molecule has 1 aliphatic rings. The van der Waals surface area contributed by atoms with Crippen molar-refractivity contribution in [2.45, 2.75) is 18.8 Å². The minimum atomic E-state index is -0.965. The Balaban J connectivity index is 2.33. The summed E-state index contributed by atoms with van der Waals surface area (Å²) in [5.74, 6) is -0.460. The molecular formula is C12H9IO3. The molecular weight excluding hydrogens is 319 g/mol. The predicted molar refractivity (Wildman–Crippen MR) is 67.9 cm³/mol. The fourth-order valence-electron chi connectivity index (χ4n) is 2.03. The van der Waals surface area contributed by atoms with Crippen LogP contribution < -0.4 is 0 Å². The molecule has 1 aromatic heterocycles. The molecule has 1 aliphatic carbocycles. The standard InChI is InChI=1S/C12H9IO3/c13-7-3-4-9-8(5-7)10(6-1-2-6)11(16-9)12(14)15/h3-6H,1-2H2,(H,14,15). The van der Waals surface area contributed by atoms with E-state index in [0.29, 0.717) is 11.5 Å². The summed E-state index contributed by atoms with van der Waals surface area (Å²) in [6.45, 7) is 0. The molecule has 16 heavy (non-hydrogen) atoms. The summed E-state index contributed by atoms with van der Waals surface area (Å²) in [5.41, 5.74) is 1.57. The van der Waals surface area contributed by atoms with Gasteiger partial charge in [-0.3, -0.25) is 0 Å². The lowest BCUT2D eigenvalue weighted by molar-refractivity contribution is 0.0663. The van der Waals surface area contributed by atoms with E-state index < -0.39 is 5.97 Å². The van der Waals surface area contributed by atoms with Gasteiger partial charge in [0.25, 0.3) is 0 Å². The Kier molecular flexibility index (Phi) is 2.20. The summed E-state index contributed by atoms with van der Waals surface area (Å²) in [7, 11) is 0. The van der Waals surface area contributed by atoms with Crippen LogP contribution in [-0.2, 0) is 0 Å². The van der Waals surface area contributed by atoms with Crippen molar-refractivity contribution < 1.29 is 14.3 Å². The normalized spacial score (nSPS) is 15.6. The second-order valence-electron chi connectivity index (χ2n) is 4.06. The van der Waals surface area contributed by atoms with E-state index in [0.717, 1.165) is 27.4 Å². The minimum Gasteiger partial charge on any atom is -0.475 e. The molecule has 1 heterocycles. The zero-order chi connectivity index (χ0) is 11.3. The van der Waals surface area contributed by atoms with E-state index in [2.05, 4.69) is 22.6 Å². The number of halogens is 1. The number of hydrogen-bond acceptors (Lipinski definition) is 2. The Morgan fingerprint density at radius 1 is 1.44 bits per heavy atom. The summed E-state index contributed by atoms with van der Waals surface area (Å²) in [6.07, 6.45) is 2.14. The van der Waals surface area contributed by atoms with Crippen LogP contribution in [0.3, 0.4) is 0 Å². The van der Waals surface area contributed by atoms with Gasteiger partial charge in [0.15, 0.2) is 0 Å². The molecule has 0 atom stereocenters. The van der Waals surface area contributed by atoms with Gasteiger partial charge < -0.3 is 9.52 Å². The lowest BCUT2D eigenvalue weighted by Gasteiger charge is -1.96. The van der Waals surface area contributed by atoms with Crippen molar-refractivity contribution in [2.24, 2.45) is 0 Å². The van der Waals surface area contributed by atoms with E-state index in [4.69, 9.17) is 9.52 Å². The number of carboxylic acids is 1. The topological polar surface area (TPSA) is 50.4 Å². The monoisotopic (exact) mass is 328 g/mol. The number of aromatic carboxylic acids is 1. The molecule has 82 valence electrons. The largest absolute Gasteiger partial charge is 0.475 e. The van der Waals surface area contributed by atoms with Crippen molar-refractivity contribution in [1.82, 2.24) is 0 Å². The van der Waals surface area contributed by atoms with E-state index in [1.165, 1.54) is 0 Å². The van der Waals surface area contributed by atoms with Crippen molar-refractivity contribution >= 4 is 39.5 Å². The first-order valence-electron chi connectivity index (χ1n) is 5.12. The van der Waals surface area contributed by atoms with Crippen LogP contribution in [0.4, 0.5) is 0 Å². The minimum absolute atomic E-state index is 0.125. The first kappa shape index (κ1) is 10.1. The van der Waals surface area contributed by atoms with E-state index in [1.54, 1.807) is 0 Å². The quantitative estimate of drug-likeness (QED) is 0.857. The van der Waals surface area contributed by atoms with Gasteiger partial charge in [0.1, 0.15) is 5.58 Å². The molecule has 2 aromatic rings. The maximum atomic E-state index is 11.1. The van der Waals surface area contributed by atoms with Gasteiger partial charge in [-0.25, -0.2) is 4.79 Å². The van der Waals surface area contributed by atoms with Crippen LogP contribution in [0.1, 0.15) is 34.9 Å². The lowest BCUT2D eigenvalue weighted by atomic mass is 10.1. The number of benzene rings is 1. The van der Waals surface area contributed by atoms with Crippen LogP contribution in [0.25, 0.3) is 11.0 Å². The van der Waals surface area contributed by atoms with Crippen molar-refractivity contribution in [3.05, 3.63) is 33.1 Å². The van der Waals surface area contributed by atoms with Crippen LogP contribution in [0.2, 0.25) is 0 Å². The Morgan fingerprint density at radius 3 is 2.81 bits per heavy atom. The molecule has 0 radical (unpaired) electrons. The summed E-state index contributed by atoms with van der Waals surface area (Å²) in [4.78, 5) is 11.1. The fraction of sp³-hybridized carbons (Fsp3) is 0.250. The smallest absolute Gasteiger partial charge is 0.372 e. The molecule has 3 rings (SSSR count). The van der Waals surface area contributed by atoms with Gasteiger partial charge in [0.05, 0.1) is 0 Å². The SMILES string of the molecule is O=C(O)c1oc2ccc(I)cc2c1C1CC1. The van der Waals surface area contributed by atoms with Crippen LogP contribution in [0, 0.1) is 3.57 Å². The Morgan fingerprint density at radius 2 is 2.19 bits per heavy atom. The van der Waals surface area contributed by atoms with Gasteiger partial charge in [-0.05, 0) is 59.5 Å². The van der Waals surface area contributed by atoms with E-state index in [1.807, 2.05) is 18.2 Å². The van der Waals surface area contributed by atoms with Crippen LogP contribution in [0.15, 0.2) is 22.6 Å². The predicted octanol–water partition coefficient (Wildman–Crippen LogP) is 3.61. The maximum absolute atomic E-state index is 11.1. The van der Waals surface area contributed by atoms with Crippen molar-refractivity contribution in [3.63, 3.8) is 0 Å². The third kappa shape index (κ3) is 1.52. The van der Waals surface area contributed by atoms with E-state index in [9.17, 15) is 4.79 Å². The maximum Gasteiger partial charge on any atom is 0.372 e. The molecule has 0 aliphatic heterocycles. The Hall–Kier alpha value is -1.04. The van der Waals surface area contributed by atoms with Crippen molar-refractivity contribution in [3.8, 4) is 0 Å². The number of hydrogen-bond donors (Lipinski definition) is 1. The number of carbonyl (C=O) groups is 1. The highest BCUT2D eigenvalue weighted by molar-refractivity contribution is 14.1. The average Bonchev–Trinajstić information content (AvgIpc) is 2.99. The molecule has 1 N–H and O–H groups in total. The average molecular weight is 328 g/mol. The summed E-state index contributed by atoms with van der Waals surface area (Å²) >= 11 is 2.23. The van der Waals surface area contributed by atoms with E-state index in [-0.39, 0.29) is 5.76 Å². The third-order valence-corrected chi connectivity index (χ3v) is 3.54. The van der Waals surface area contributed by atoms with Crippen LogP contribution in [-0.4, -0.2) is 11.1 Å². The van der Waals surface area contributed by atoms with Crippen LogP contribution >= 0.6 is 22.6 Å². The molecule has 0 spiro atoms. The highest BCUT2D eigenvalue weighted by atomic mass is 127. The van der Waals surface area contributed by atoms with Gasteiger partial charge >= 0.3 is 5.97 Å². The van der Waals surface area contributed by atoms with Crippen molar-refractivity contribution in [1.29, 1.82) is 0 Å². The zero-order valence-corrected chi connectivity index (χ0v) is 10.5. The number of carboxylic acid groups (broad SMARTS) is 1. The van der Waals surface area contributed by atoms with Gasteiger partial charge in [0, 0.05) is 14.5 Å². The van der Waals surface area contributed by atoms with Gasteiger partial charge in [-0.2, -0.15) is 0 Å². The highest BCUT2D eigenvalue weighted by Gasteiger charge is 2.33. The summed E-state index contributed by atoms with van der Waals surface area (Å²) in [5, 5.41) is 10.1. The first-order chi connectivity index (χ1) is 7.66. The number of rotatable bonds is 2. The molecule has 1 saturated carbocycles. The molecule has 0 saturated heterocycles. The van der Waals surface area contributed by atoms with Crippen LogP contribution in [0.5, 0.6) is 0 Å². The first-order valence-corrected chi connectivity index (χ1v) is 6.20. The highest BCUT2D eigenvalue weighted by Crippen LogP contribution is 2.46. The third-order valence-electron chi connectivity index (χ3n) is 2.87. The lowest BCUT2D eigenvalue weighted by Crippen LogP contribution is -1.97.